The Balaban J connectivity index is 0.000000346. The third kappa shape index (κ3) is 4.50. The maximum absolute atomic E-state index is 9.08. The minimum atomic E-state index is -3.92. The molecule has 0 N–H and O–H groups in total. The van der Waals surface area contributed by atoms with Crippen LogP contribution in [0.2, 0.25) is 0 Å². The predicted molar refractivity (Wildman–Crippen MR) is 113 cm³/mol. The van der Waals surface area contributed by atoms with Crippen LogP contribution in [0, 0.1) is 11.8 Å². The number of anilines is 1. The molecule has 2 aliphatic heterocycles. The van der Waals surface area contributed by atoms with Crippen LogP contribution < -0.4 is 4.90 Å². The molecule has 5 rings (SSSR count). The SMILES string of the molecule is CS(=O)(=O)[O-].c1ccc2c(N3CC[N+]4(CC3)C[C@H]3CCCC[C@@H]3C4)nsc2c1. The average molecular weight is 424 g/mol. The van der Waals surface area contributed by atoms with Crippen molar-refractivity contribution in [2.45, 2.75) is 25.7 Å². The summed E-state index contributed by atoms with van der Waals surface area (Å²) in [4.78, 5) is 2.55. The summed E-state index contributed by atoms with van der Waals surface area (Å²) in [6.07, 6.45) is 6.58. The molecule has 6 nitrogen and oxygen atoms in total. The number of fused-ring (bicyclic) bond motifs is 2. The van der Waals surface area contributed by atoms with Gasteiger partial charge in [-0.3, -0.25) is 0 Å². The molecule has 0 amide bonds. The summed E-state index contributed by atoms with van der Waals surface area (Å²) in [6.45, 7) is 7.98. The molecule has 0 unspecified atom stereocenters. The highest BCUT2D eigenvalue weighted by Crippen LogP contribution is 2.41. The zero-order valence-electron chi connectivity index (χ0n) is 16.4. The van der Waals surface area contributed by atoms with Crippen molar-refractivity contribution in [3.05, 3.63) is 24.3 Å². The highest BCUT2D eigenvalue weighted by Gasteiger charge is 2.47. The van der Waals surface area contributed by atoms with Gasteiger partial charge in [0.1, 0.15) is 0 Å². The Kier molecular flexibility index (Phi) is 5.66. The Morgan fingerprint density at radius 2 is 1.68 bits per heavy atom. The van der Waals surface area contributed by atoms with Crippen molar-refractivity contribution >= 4 is 37.6 Å². The topological polar surface area (TPSA) is 73.3 Å². The van der Waals surface area contributed by atoms with Crippen molar-refractivity contribution in [3.63, 3.8) is 0 Å². The van der Waals surface area contributed by atoms with E-state index in [1.54, 1.807) is 11.5 Å². The molecule has 3 heterocycles. The normalized spacial score (nSPS) is 26.7. The van der Waals surface area contributed by atoms with Gasteiger partial charge in [-0.1, -0.05) is 25.0 Å². The highest BCUT2D eigenvalue weighted by molar-refractivity contribution is 7.84. The Hall–Kier alpha value is -1.22. The molecule has 2 saturated heterocycles. The van der Waals surface area contributed by atoms with Crippen LogP contribution in [0.5, 0.6) is 0 Å². The van der Waals surface area contributed by atoms with Gasteiger partial charge in [0.25, 0.3) is 0 Å². The molecule has 1 spiro atoms. The Morgan fingerprint density at radius 3 is 2.29 bits per heavy atom. The summed E-state index contributed by atoms with van der Waals surface area (Å²) < 4.78 is 34.7. The van der Waals surface area contributed by atoms with E-state index in [1.807, 2.05) is 0 Å². The number of piperazine rings is 1. The number of nitrogens with zero attached hydrogens (tertiary/aromatic N) is 3. The number of quaternary nitrogens is 1. The van der Waals surface area contributed by atoms with Gasteiger partial charge in [0.15, 0.2) is 5.82 Å². The van der Waals surface area contributed by atoms with Crippen LogP contribution >= 0.6 is 11.5 Å². The average Bonchev–Trinajstić information content (AvgIpc) is 3.22. The molecule has 1 aliphatic carbocycles. The van der Waals surface area contributed by atoms with E-state index in [2.05, 4.69) is 29.2 Å². The van der Waals surface area contributed by atoms with E-state index in [1.165, 1.54) is 85.3 Å². The Labute approximate surface area is 171 Å². The zero-order chi connectivity index (χ0) is 19.8. The van der Waals surface area contributed by atoms with Crippen LogP contribution in [-0.4, -0.2) is 67.4 Å². The van der Waals surface area contributed by atoms with Crippen LogP contribution in [-0.2, 0) is 10.1 Å². The van der Waals surface area contributed by atoms with Crippen LogP contribution in [0.1, 0.15) is 25.7 Å². The number of benzene rings is 1. The fraction of sp³-hybridized carbons (Fsp3) is 0.650. The van der Waals surface area contributed by atoms with Gasteiger partial charge in [-0.2, -0.15) is 4.37 Å². The van der Waals surface area contributed by atoms with Crippen molar-refractivity contribution < 1.29 is 17.5 Å². The Bertz CT molecular complexity index is 896. The molecular weight excluding hydrogens is 394 g/mol. The summed E-state index contributed by atoms with van der Waals surface area (Å²) in [5, 5.41) is 1.35. The summed E-state index contributed by atoms with van der Waals surface area (Å²) in [5.74, 6) is 3.31. The molecule has 0 radical (unpaired) electrons. The molecule has 154 valence electrons. The standard InChI is InChI=1S/C19H26N3S.CH4O3S/c1-2-6-16-14-22(13-15(16)5-1)11-9-21(10-12-22)19-17-7-3-4-8-18(17)23-20-19;1-5(2,3)4/h3-4,7-8,15-16H,1-2,5-6,9-14H2;1H3,(H,2,3,4)/q+1;/p-1/t15-,16-;/m1./s1. The van der Waals surface area contributed by atoms with Gasteiger partial charge < -0.3 is 13.9 Å². The Morgan fingerprint density at radius 1 is 1.11 bits per heavy atom. The molecule has 1 aromatic carbocycles. The third-order valence-electron chi connectivity index (χ3n) is 6.66. The molecule has 3 fully saturated rings. The molecule has 2 aromatic rings. The van der Waals surface area contributed by atoms with Crippen LogP contribution in [0.4, 0.5) is 5.82 Å². The van der Waals surface area contributed by atoms with Gasteiger partial charge in [0.2, 0.25) is 0 Å². The van der Waals surface area contributed by atoms with Gasteiger partial charge in [-0.25, -0.2) is 8.42 Å². The lowest BCUT2D eigenvalue weighted by molar-refractivity contribution is -0.919. The molecule has 0 bridgehead atoms. The lowest BCUT2D eigenvalue weighted by atomic mass is 9.82. The van der Waals surface area contributed by atoms with Crippen LogP contribution in [0.25, 0.3) is 10.1 Å². The van der Waals surface area contributed by atoms with Crippen LogP contribution in [0.3, 0.4) is 0 Å². The first kappa shape index (κ1) is 20.1. The van der Waals surface area contributed by atoms with Gasteiger partial charge in [0.05, 0.1) is 54.1 Å². The van der Waals surface area contributed by atoms with E-state index in [4.69, 9.17) is 17.3 Å². The third-order valence-corrected chi connectivity index (χ3v) is 7.47. The molecular formula is C20H29N3O3S2. The summed E-state index contributed by atoms with van der Waals surface area (Å²) in [7, 11) is -3.92. The van der Waals surface area contributed by atoms with E-state index in [0.717, 1.165) is 11.8 Å². The van der Waals surface area contributed by atoms with Gasteiger partial charge >= 0.3 is 0 Å². The number of aromatic nitrogens is 1. The number of rotatable bonds is 1. The second-order valence-electron chi connectivity index (χ2n) is 8.65. The lowest BCUT2D eigenvalue weighted by Gasteiger charge is -2.42. The molecule has 28 heavy (non-hydrogen) atoms. The summed E-state index contributed by atoms with van der Waals surface area (Å²) in [5.41, 5.74) is 0. The van der Waals surface area contributed by atoms with E-state index in [9.17, 15) is 0 Å². The van der Waals surface area contributed by atoms with Crippen molar-refractivity contribution in [1.29, 1.82) is 0 Å². The monoisotopic (exact) mass is 423 g/mol. The quantitative estimate of drug-likeness (QED) is 0.521. The summed E-state index contributed by atoms with van der Waals surface area (Å²) in [6, 6.07) is 8.69. The van der Waals surface area contributed by atoms with Gasteiger partial charge in [-0.15, -0.1) is 0 Å². The lowest BCUT2D eigenvalue weighted by Crippen LogP contribution is -2.58. The molecule has 2 atom stereocenters. The molecule has 1 aromatic heterocycles. The fourth-order valence-corrected chi connectivity index (χ4v) is 6.20. The maximum Gasteiger partial charge on any atom is 0.150 e. The van der Waals surface area contributed by atoms with Crippen molar-refractivity contribution in [2.75, 3.05) is 50.4 Å². The largest absolute Gasteiger partial charge is 0.748 e. The first-order valence-electron chi connectivity index (χ1n) is 10.2. The van der Waals surface area contributed by atoms with Crippen molar-refractivity contribution in [2.24, 2.45) is 11.8 Å². The van der Waals surface area contributed by atoms with Crippen LogP contribution in [0.15, 0.2) is 24.3 Å². The first-order valence-corrected chi connectivity index (χ1v) is 12.8. The van der Waals surface area contributed by atoms with Gasteiger partial charge in [0, 0.05) is 23.5 Å². The van der Waals surface area contributed by atoms with E-state index < -0.39 is 10.1 Å². The predicted octanol–water partition coefficient (Wildman–Crippen LogP) is 2.91. The number of hydrogen-bond acceptors (Lipinski definition) is 6. The zero-order valence-corrected chi connectivity index (χ0v) is 18.1. The van der Waals surface area contributed by atoms with E-state index in [0.29, 0.717) is 6.26 Å². The molecule has 3 aliphatic rings. The van der Waals surface area contributed by atoms with E-state index in [-0.39, 0.29) is 0 Å². The molecule has 1 saturated carbocycles. The van der Waals surface area contributed by atoms with E-state index >= 15 is 0 Å². The van der Waals surface area contributed by atoms with Gasteiger partial charge in [-0.05, 0) is 36.5 Å². The number of hydrogen-bond donors (Lipinski definition) is 0. The second-order valence-corrected chi connectivity index (χ2v) is 10.9. The van der Waals surface area contributed by atoms with Crippen molar-refractivity contribution in [1.82, 2.24) is 4.37 Å². The minimum Gasteiger partial charge on any atom is -0.748 e. The molecule has 8 heteroatoms. The smallest absolute Gasteiger partial charge is 0.150 e. The van der Waals surface area contributed by atoms with Crippen molar-refractivity contribution in [3.8, 4) is 0 Å². The second kappa shape index (κ2) is 7.89. The highest BCUT2D eigenvalue weighted by atomic mass is 32.2. The summed E-state index contributed by atoms with van der Waals surface area (Å²) >= 11 is 1.65. The fourth-order valence-electron chi connectivity index (χ4n) is 5.40. The first-order chi connectivity index (χ1) is 13.3. The minimum absolute atomic E-state index is 0.604. The maximum atomic E-state index is 9.08.